The molecule has 2 nitrogen and oxygen atoms in total. The van der Waals surface area contributed by atoms with Crippen molar-refractivity contribution in [1.82, 2.24) is 4.90 Å². The first-order valence-corrected chi connectivity index (χ1v) is 6.93. The van der Waals surface area contributed by atoms with Gasteiger partial charge in [0.05, 0.1) is 0 Å². The van der Waals surface area contributed by atoms with Crippen LogP contribution in [0.3, 0.4) is 0 Å². The van der Waals surface area contributed by atoms with Gasteiger partial charge in [-0.3, -0.25) is 0 Å². The van der Waals surface area contributed by atoms with Crippen molar-refractivity contribution in [3.8, 4) is 0 Å². The zero-order chi connectivity index (χ0) is 13.7. The van der Waals surface area contributed by atoms with E-state index >= 15 is 0 Å². The molecule has 1 aromatic carbocycles. The van der Waals surface area contributed by atoms with Crippen molar-refractivity contribution in [2.24, 2.45) is 11.7 Å². The fourth-order valence-electron chi connectivity index (χ4n) is 2.36. The van der Waals surface area contributed by atoms with Crippen molar-refractivity contribution in [2.45, 2.75) is 40.7 Å². The molecule has 0 aromatic heterocycles. The Morgan fingerprint density at radius 2 is 1.72 bits per heavy atom. The van der Waals surface area contributed by atoms with Gasteiger partial charge in [-0.05, 0) is 62.5 Å². The third-order valence-corrected chi connectivity index (χ3v) is 3.87. The van der Waals surface area contributed by atoms with E-state index in [0.29, 0.717) is 5.92 Å². The third-order valence-electron chi connectivity index (χ3n) is 3.87. The molecule has 102 valence electrons. The van der Waals surface area contributed by atoms with E-state index in [1.165, 1.54) is 22.3 Å². The van der Waals surface area contributed by atoms with Gasteiger partial charge in [-0.2, -0.15) is 0 Å². The van der Waals surface area contributed by atoms with Gasteiger partial charge in [0.2, 0.25) is 0 Å². The molecule has 0 bridgehead atoms. The number of hydrogen-bond donors (Lipinski definition) is 1. The Balaban J connectivity index is 2.69. The highest BCUT2D eigenvalue weighted by Crippen LogP contribution is 2.17. The van der Waals surface area contributed by atoms with Crippen molar-refractivity contribution in [2.75, 3.05) is 20.1 Å². The number of nitrogens with zero attached hydrogens (tertiary/aromatic N) is 1. The van der Waals surface area contributed by atoms with Crippen molar-refractivity contribution in [3.63, 3.8) is 0 Å². The third kappa shape index (κ3) is 4.11. The van der Waals surface area contributed by atoms with Crippen LogP contribution in [0.5, 0.6) is 0 Å². The van der Waals surface area contributed by atoms with Gasteiger partial charge in [0.1, 0.15) is 0 Å². The van der Waals surface area contributed by atoms with E-state index in [9.17, 15) is 0 Å². The van der Waals surface area contributed by atoms with Crippen molar-refractivity contribution < 1.29 is 0 Å². The van der Waals surface area contributed by atoms with E-state index in [-0.39, 0.29) is 0 Å². The lowest BCUT2D eigenvalue weighted by Gasteiger charge is -2.23. The summed E-state index contributed by atoms with van der Waals surface area (Å²) in [5.41, 5.74) is 11.4. The number of nitrogens with two attached hydrogens (primary N) is 1. The summed E-state index contributed by atoms with van der Waals surface area (Å²) >= 11 is 0. The minimum Gasteiger partial charge on any atom is -0.330 e. The van der Waals surface area contributed by atoms with Crippen LogP contribution in [-0.4, -0.2) is 25.0 Å². The predicted molar refractivity (Wildman–Crippen MR) is 79.8 cm³/mol. The molecule has 0 spiro atoms. The zero-order valence-corrected chi connectivity index (χ0v) is 12.6. The monoisotopic (exact) mass is 248 g/mol. The number of benzene rings is 1. The summed E-state index contributed by atoms with van der Waals surface area (Å²) < 4.78 is 0. The molecule has 0 saturated carbocycles. The Labute approximate surface area is 112 Å². The molecule has 0 aliphatic rings. The Bertz CT molecular complexity index is 381. The van der Waals surface area contributed by atoms with E-state index in [0.717, 1.165) is 26.1 Å². The van der Waals surface area contributed by atoms with Crippen LogP contribution in [0.2, 0.25) is 0 Å². The van der Waals surface area contributed by atoms with Crippen LogP contribution in [0, 0.1) is 26.7 Å². The lowest BCUT2D eigenvalue weighted by atomic mass is 10.00. The minimum absolute atomic E-state index is 0.613. The summed E-state index contributed by atoms with van der Waals surface area (Å²) in [6.07, 6.45) is 1.16. The molecule has 0 fully saturated rings. The number of aryl methyl sites for hydroxylation is 3. The van der Waals surface area contributed by atoms with E-state index < -0.39 is 0 Å². The lowest BCUT2D eigenvalue weighted by Crippen LogP contribution is -2.29. The van der Waals surface area contributed by atoms with Crippen molar-refractivity contribution in [3.05, 3.63) is 34.4 Å². The normalized spacial score (nSPS) is 13.1. The first-order valence-electron chi connectivity index (χ1n) is 6.93. The van der Waals surface area contributed by atoms with E-state index in [1.54, 1.807) is 0 Å². The molecule has 1 rings (SSSR count). The van der Waals surface area contributed by atoms with Crippen LogP contribution in [0.25, 0.3) is 0 Å². The van der Waals surface area contributed by atoms with Gasteiger partial charge < -0.3 is 10.6 Å². The van der Waals surface area contributed by atoms with E-state index in [2.05, 4.69) is 51.8 Å². The Morgan fingerprint density at radius 3 is 2.28 bits per heavy atom. The summed E-state index contributed by atoms with van der Waals surface area (Å²) in [6.45, 7) is 11.7. The molecular formula is C16H28N2. The first-order chi connectivity index (χ1) is 8.47. The van der Waals surface area contributed by atoms with E-state index in [4.69, 9.17) is 5.73 Å². The SMILES string of the molecule is CCC(CN)CN(C)Cc1cc(C)c(C)cc1C. The van der Waals surface area contributed by atoms with Gasteiger partial charge in [-0.1, -0.05) is 25.5 Å². The van der Waals surface area contributed by atoms with Gasteiger partial charge in [-0.25, -0.2) is 0 Å². The number of rotatable bonds is 6. The smallest absolute Gasteiger partial charge is 0.0233 e. The first kappa shape index (κ1) is 15.2. The molecule has 1 unspecified atom stereocenters. The standard InChI is InChI=1S/C16H28N2/c1-6-15(9-17)10-18(5)11-16-8-13(3)12(2)7-14(16)4/h7-8,15H,6,9-11,17H2,1-5H3. The minimum atomic E-state index is 0.613. The lowest BCUT2D eigenvalue weighted by molar-refractivity contribution is 0.267. The quantitative estimate of drug-likeness (QED) is 0.838. The molecule has 0 amide bonds. The van der Waals surface area contributed by atoms with Crippen LogP contribution in [0.4, 0.5) is 0 Å². The highest BCUT2D eigenvalue weighted by Gasteiger charge is 2.10. The van der Waals surface area contributed by atoms with Crippen molar-refractivity contribution in [1.29, 1.82) is 0 Å². The van der Waals surface area contributed by atoms with Crippen LogP contribution >= 0.6 is 0 Å². The molecule has 0 saturated heterocycles. The van der Waals surface area contributed by atoms with Crippen LogP contribution in [0.1, 0.15) is 35.6 Å². The highest BCUT2D eigenvalue weighted by atomic mass is 15.1. The summed E-state index contributed by atoms with van der Waals surface area (Å²) in [4.78, 5) is 2.39. The van der Waals surface area contributed by atoms with Crippen molar-refractivity contribution >= 4 is 0 Å². The fourth-order valence-corrected chi connectivity index (χ4v) is 2.36. The largest absolute Gasteiger partial charge is 0.330 e. The second-order valence-electron chi connectivity index (χ2n) is 5.57. The van der Waals surface area contributed by atoms with E-state index in [1.807, 2.05) is 0 Å². The average molecular weight is 248 g/mol. The van der Waals surface area contributed by atoms with Gasteiger partial charge in [0.25, 0.3) is 0 Å². The average Bonchev–Trinajstić information content (AvgIpc) is 2.33. The molecule has 0 aliphatic heterocycles. The molecule has 0 heterocycles. The number of hydrogen-bond acceptors (Lipinski definition) is 2. The fraction of sp³-hybridized carbons (Fsp3) is 0.625. The molecular weight excluding hydrogens is 220 g/mol. The maximum absolute atomic E-state index is 5.77. The van der Waals surface area contributed by atoms with Crippen LogP contribution in [-0.2, 0) is 6.54 Å². The summed E-state index contributed by atoms with van der Waals surface area (Å²) in [7, 11) is 2.19. The van der Waals surface area contributed by atoms with Gasteiger partial charge >= 0.3 is 0 Å². The second kappa shape index (κ2) is 6.91. The molecule has 0 aliphatic carbocycles. The van der Waals surface area contributed by atoms with Gasteiger partial charge in [-0.15, -0.1) is 0 Å². The maximum Gasteiger partial charge on any atom is 0.0233 e. The molecule has 1 atom stereocenters. The van der Waals surface area contributed by atoms with Crippen LogP contribution < -0.4 is 5.73 Å². The molecule has 18 heavy (non-hydrogen) atoms. The van der Waals surface area contributed by atoms with Gasteiger partial charge in [0, 0.05) is 13.1 Å². The molecule has 0 radical (unpaired) electrons. The Kier molecular flexibility index (Phi) is 5.83. The molecule has 1 aromatic rings. The molecule has 2 heteroatoms. The Hall–Kier alpha value is -0.860. The highest BCUT2D eigenvalue weighted by molar-refractivity contribution is 5.36. The summed E-state index contributed by atoms with van der Waals surface area (Å²) in [6, 6.07) is 4.61. The topological polar surface area (TPSA) is 29.3 Å². The van der Waals surface area contributed by atoms with Gasteiger partial charge in [0.15, 0.2) is 0 Å². The second-order valence-corrected chi connectivity index (χ2v) is 5.57. The van der Waals surface area contributed by atoms with Crippen LogP contribution in [0.15, 0.2) is 12.1 Å². The maximum atomic E-state index is 5.77. The Morgan fingerprint density at radius 1 is 1.11 bits per heavy atom. The zero-order valence-electron chi connectivity index (χ0n) is 12.6. The molecule has 2 N–H and O–H groups in total. The summed E-state index contributed by atoms with van der Waals surface area (Å²) in [5, 5.41) is 0. The summed E-state index contributed by atoms with van der Waals surface area (Å²) in [5.74, 6) is 0.613. The predicted octanol–water partition coefficient (Wildman–Crippen LogP) is 3.03.